The van der Waals surface area contributed by atoms with E-state index in [0.29, 0.717) is 0 Å². The van der Waals surface area contributed by atoms with Crippen LogP contribution in [0.1, 0.15) is 27.7 Å². The first-order valence-electron chi connectivity index (χ1n) is 3.95. The summed E-state index contributed by atoms with van der Waals surface area (Å²) in [6, 6.07) is 0. The summed E-state index contributed by atoms with van der Waals surface area (Å²) in [4.78, 5) is 26.8. The second-order valence-corrected chi connectivity index (χ2v) is 3.60. The highest BCUT2D eigenvalue weighted by Gasteiger charge is 2.19. The third kappa shape index (κ3) is 5.09. The summed E-state index contributed by atoms with van der Waals surface area (Å²) in [6.45, 7) is 6.34. The maximum Gasteiger partial charge on any atom is 0.237 e. The molecule has 0 saturated heterocycles. The Kier molecular flexibility index (Phi) is 4.02. The Morgan fingerprint density at radius 2 is 1.07 bits per heavy atom. The lowest BCUT2D eigenvalue weighted by Gasteiger charge is -2.13. The van der Waals surface area contributed by atoms with Crippen molar-refractivity contribution >= 4 is 12.2 Å². The molecule has 0 amide bonds. The smallest absolute Gasteiger partial charge is 0.211 e. The zero-order valence-electron chi connectivity index (χ0n) is 8.61. The molecule has 0 fully saturated rings. The van der Waals surface area contributed by atoms with Gasteiger partial charge in [0.2, 0.25) is 12.2 Å². The Morgan fingerprint density at radius 3 is 1.29 bits per heavy atom. The van der Waals surface area contributed by atoms with E-state index in [1.165, 1.54) is 12.2 Å². The second-order valence-electron chi connectivity index (χ2n) is 3.60. The van der Waals surface area contributed by atoms with Gasteiger partial charge in [0.15, 0.2) is 11.3 Å². The molecule has 0 aromatic rings. The normalized spacial score (nSPS) is 12.0. The minimum atomic E-state index is -0.975. The van der Waals surface area contributed by atoms with Gasteiger partial charge in [0.25, 0.3) is 0 Å². The standard InChI is InChI=1S/C8H12N4O2/c1-7(2,9-5-13)11-12-8(3,4)10-6-14/h1-4H3/b12-11+. The maximum atomic E-state index is 9.99. The number of hydrogen-bond donors (Lipinski definition) is 0. The van der Waals surface area contributed by atoms with Gasteiger partial charge in [0.05, 0.1) is 0 Å². The van der Waals surface area contributed by atoms with Gasteiger partial charge in [-0.2, -0.15) is 20.2 Å². The molecule has 6 nitrogen and oxygen atoms in total. The summed E-state index contributed by atoms with van der Waals surface area (Å²) in [5.41, 5.74) is -1.95. The van der Waals surface area contributed by atoms with Crippen LogP contribution in [0.5, 0.6) is 0 Å². The summed E-state index contributed by atoms with van der Waals surface area (Å²) in [7, 11) is 0. The van der Waals surface area contributed by atoms with Crippen molar-refractivity contribution in [3.8, 4) is 0 Å². The molecule has 0 unspecified atom stereocenters. The molecule has 0 saturated carbocycles. The van der Waals surface area contributed by atoms with Crippen LogP contribution >= 0.6 is 0 Å². The van der Waals surface area contributed by atoms with Crippen molar-refractivity contribution in [2.45, 2.75) is 39.0 Å². The second kappa shape index (κ2) is 4.56. The van der Waals surface area contributed by atoms with Crippen LogP contribution in [0.15, 0.2) is 20.2 Å². The molecule has 0 spiro atoms. The van der Waals surface area contributed by atoms with Gasteiger partial charge < -0.3 is 0 Å². The topological polar surface area (TPSA) is 83.6 Å². The first kappa shape index (κ1) is 12.4. The zero-order chi connectivity index (χ0) is 11.2. The fourth-order valence-corrected chi connectivity index (χ4v) is 0.513. The molecule has 76 valence electrons. The van der Waals surface area contributed by atoms with Gasteiger partial charge in [0, 0.05) is 0 Å². The number of hydrogen-bond acceptors (Lipinski definition) is 6. The molecule has 0 aliphatic rings. The van der Waals surface area contributed by atoms with Crippen LogP contribution in [-0.4, -0.2) is 23.5 Å². The van der Waals surface area contributed by atoms with Crippen LogP contribution in [0.4, 0.5) is 0 Å². The van der Waals surface area contributed by atoms with E-state index in [4.69, 9.17) is 0 Å². The van der Waals surface area contributed by atoms with Crippen LogP contribution in [0, 0.1) is 0 Å². The fourth-order valence-electron chi connectivity index (χ4n) is 0.513. The van der Waals surface area contributed by atoms with Gasteiger partial charge in [-0.05, 0) is 27.7 Å². The molecule has 0 aromatic carbocycles. The van der Waals surface area contributed by atoms with Gasteiger partial charge >= 0.3 is 0 Å². The van der Waals surface area contributed by atoms with Gasteiger partial charge in [-0.25, -0.2) is 9.59 Å². The van der Waals surface area contributed by atoms with Crippen molar-refractivity contribution in [1.82, 2.24) is 0 Å². The quantitative estimate of drug-likeness (QED) is 0.388. The lowest BCUT2D eigenvalue weighted by Crippen LogP contribution is -2.17. The largest absolute Gasteiger partial charge is 0.237 e. The first-order chi connectivity index (χ1) is 6.33. The van der Waals surface area contributed by atoms with E-state index in [1.807, 2.05) is 0 Å². The molecule has 0 rings (SSSR count). The molecular weight excluding hydrogens is 184 g/mol. The number of nitrogens with zero attached hydrogens (tertiary/aromatic N) is 4. The number of rotatable bonds is 4. The van der Waals surface area contributed by atoms with E-state index in [0.717, 1.165) is 0 Å². The van der Waals surface area contributed by atoms with E-state index in [-0.39, 0.29) is 0 Å². The third-order valence-electron chi connectivity index (χ3n) is 1.18. The van der Waals surface area contributed by atoms with Crippen molar-refractivity contribution < 1.29 is 9.59 Å². The molecule has 0 aliphatic heterocycles. The molecule has 0 heterocycles. The van der Waals surface area contributed by atoms with Gasteiger partial charge in [-0.3, -0.25) is 0 Å². The molecule has 14 heavy (non-hydrogen) atoms. The van der Waals surface area contributed by atoms with E-state index >= 15 is 0 Å². The Labute approximate surface area is 81.9 Å². The Morgan fingerprint density at radius 1 is 0.786 bits per heavy atom. The van der Waals surface area contributed by atoms with Crippen molar-refractivity contribution in [3.05, 3.63) is 0 Å². The molecule has 6 heteroatoms. The van der Waals surface area contributed by atoms with E-state index in [1.54, 1.807) is 27.7 Å². The predicted molar refractivity (Wildman–Crippen MR) is 49.3 cm³/mol. The summed E-state index contributed by atoms with van der Waals surface area (Å²) in [5, 5.41) is 7.52. The average molecular weight is 196 g/mol. The summed E-state index contributed by atoms with van der Waals surface area (Å²) in [6.07, 6.45) is 2.78. The maximum absolute atomic E-state index is 9.99. The first-order valence-corrected chi connectivity index (χ1v) is 3.95. The van der Waals surface area contributed by atoms with Crippen molar-refractivity contribution in [3.63, 3.8) is 0 Å². The summed E-state index contributed by atoms with van der Waals surface area (Å²) < 4.78 is 0. The minimum absolute atomic E-state index is 0.975. The van der Waals surface area contributed by atoms with E-state index in [9.17, 15) is 9.59 Å². The Bertz CT molecular complexity index is 288. The Balaban J connectivity index is 4.74. The monoisotopic (exact) mass is 196 g/mol. The fraction of sp³-hybridized carbons (Fsp3) is 0.750. The SMILES string of the molecule is CC(C)(N=C=O)/N=N/C(C)(C)N=C=O. The van der Waals surface area contributed by atoms with E-state index < -0.39 is 11.3 Å². The molecule has 0 radical (unpaired) electrons. The highest BCUT2D eigenvalue weighted by atomic mass is 16.1. The van der Waals surface area contributed by atoms with Crippen molar-refractivity contribution in [1.29, 1.82) is 0 Å². The number of isocyanates is 2. The average Bonchev–Trinajstić information content (AvgIpc) is 2.01. The van der Waals surface area contributed by atoms with Crippen molar-refractivity contribution in [2.75, 3.05) is 0 Å². The van der Waals surface area contributed by atoms with E-state index in [2.05, 4.69) is 20.2 Å². The third-order valence-corrected chi connectivity index (χ3v) is 1.18. The van der Waals surface area contributed by atoms with Crippen LogP contribution in [0.25, 0.3) is 0 Å². The molecule has 0 N–H and O–H groups in total. The number of azo groups is 1. The lowest BCUT2D eigenvalue weighted by molar-refractivity contribution is 0.434. The zero-order valence-corrected chi connectivity index (χ0v) is 8.61. The minimum Gasteiger partial charge on any atom is -0.211 e. The Hall–Kier alpha value is -1.64. The highest BCUT2D eigenvalue weighted by molar-refractivity contribution is 5.34. The highest BCUT2D eigenvalue weighted by Crippen LogP contribution is 2.16. The summed E-state index contributed by atoms with van der Waals surface area (Å²) in [5.74, 6) is 0. The van der Waals surface area contributed by atoms with Gasteiger partial charge in [0.1, 0.15) is 0 Å². The van der Waals surface area contributed by atoms with Gasteiger partial charge in [-0.1, -0.05) is 0 Å². The number of aliphatic imine (C=N–C) groups is 2. The van der Waals surface area contributed by atoms with Crippen molar-refractivity contribution in [2.24, 2.45) is 20.2 Å². The lowest BCUT2D eigenvalue weighted by atomic mass is 10.3. The summed E-state index contributed by atoms with van der Waals surface area (Å²) >= 11 is 0. The van der Waals surface area contributed by atoms with Crippen LogP contribution < -0.4 is 0 Å². The number of carbonyl (C=O) groups excluding carboxylic acids is 2. The van der Waals surface area contributed by atoms with Crippen LogP contribution in [0.3, 0.4) is 0 Å². The predicted octanol–water partition coefficient (Wildman–Crippen LogP) is 1.58. The van der Waals surface area contributed by atoms with Gasteiger partial charge in [-0.15, -0.1) is 0 Å². The molecular formula is C8H12N4O2. The van der Waals surface area contributed by atoms with Crippen LogP contribution in [0.2, 0.25) is 0 Å². The van der Waals surface area contributed by atoms with Crippen LogP contribution in [-0.2, 0) is 9.59 Å². The molecule has 0 atom stereocenters. The molecule has 0 aliphatic carbocycles. The molecule has 0 bridgehead atoms. The molecule has 0 aromatic heterocycles.